The van der Waals surface area contributed by atoms with Crippen LogP contribution in [0.4, 0.5) is 5.95 Å². The molecule has 0 unspecified atom stereocenters. The molecule has 0 spiro atoms. The van der Waals surface area contributed by atoms with Gasteiger partial charge in [0, 0.05) is 23.6 Å². The number of thioether (sulfide) groups is 1. The smallest absolute Gasteiger partial charge is 0.225 e. The van der Waals surface area contributed by atoms with Gasteiger partial charge in [0.25, 0.3) is 0 Å². The van der Waals surface area contributed by atoms with Crippen LogP contribution in [0.15, 0.2) is 12.3 Å². The number of ether oxygens (including phenoxy) is 1. The van der Waals surface area contributed by atoms with Gasteiger partial charge >= 0.3 is 0 Å². The van der Waals surface area contributed by atoms with E-state index in [0.29, 0.717) is 16.6 Å². The Morgan fingerprint density at radius 3 is 2.88 bits per heavy atom. The quantitative estimate of drug-likeness (QED) is 0.874. The first-order valence-electron chi connectivity index (χ1n) is 5.94. The zero-order chi connectivity index (χ0) is 12.1. The van der Waals surface area contributed by atoms with Crippen LogP contribution in [0, 0.1) is 0 Å². The Kier molecular flexibility index (Phi) is 4.10. The predicted molar refractivity (Wildman–Crippen MR) is 71.8 cm³/mol. The Balaban J connectivity index is 1.96. The van der Waals surface area contributed by atoms with Crippen molar-refractivity contribution >= 4 is 17.7 Å². The number of nitrogens with one attached hydrogen (secondary N) is 1. The summed E-state index contributed by atoms with van der Waals surface area (Å²) >= 11 is 1.96. The zero-order valence-electron chi connectivity index (χ0n) is 10.4. The van der Waals surface area contributed by atoms with Crippen LogP contribution in [0.1, 0.15) is 25.7 Å². The molecule has 5 heteroatoms. The predicted octanol–water partition coefficient (Wildman–Crippen LogP) is 2.57. The highest BCUT2D eigenvalue weighted by Gasteiger charge is 2.32. The van der Waals surface area contributed by atoms with Gasteiger partial charge in [0.2, 0.25) is 11.8 Å². The monoisotopic (exact) mass is 253 g/mol. The Labute approximate surface area is 107 Å². The average molecular weight is 253 g/mol. The molecule has 4 nitrogen and oxygen atoms in total. The summed E-state index contributed by atoms with van der Waals surface area (Å²) in [6.07, 6.45) is 9.15. The van der Waals surface area contributed by atoms with Crippen molar-refractivity contribution < 1.29 is 4.74 Å². The summed E-state index contributed by atoms with van der Waals surface area (Å²) in [5.41, 5.74) is 0. The molecular formula is C12H19N3OS. The van der Waals surface area contributed by atoms with Gasteiger partial charge in [-0.25, -0.2) is 4.98 Å². The molecule has 1 fully saturated rings. The van der Waals surface area contributed by atoms with Gasteiger partial charge in [-0.15, -0.1) is 0 Å². The van der Waals surface area contributed by atoms with E-state index >= 15 is 0 Å². The molecule has 0 bridgehead atoms. The second-order valence-electron chi connectivity index (χ2n) is 4.37. The maximum atomic E-state index is 5.08. The van der Waals surface area contributed by atoms with E-state index in [2.05, 4.69) is 21.5 Å². The number of hydrogen-bond acceptors (Lipinski definition) is 5. The summed E-state index contributed by atoms with van der Waals surface area (Å²) in [4.78, 5) is 8.47. The molecule has 1 saturated carbocycles. The van der Waals surface area contributed by atoms with Gasteiger partial charge in [0.1, 0.15) is 0 Å². The van der Waals surface area contributed by atoms with Crippen molar-refractivity contribution in [2.75, 3.05) is 25.2 Å². The van der Waals surface area contributed by atoms with E-state index in [0.717, 1.165) is 6.54 Å². The molecule has 94 valence electrons. The molecule has 2 rings (SSSR count). The van der Waals surface area contributed by atoms with E-state index in [1.807, 2.05) is 11.8 Å². The lowest BCUT2D eigenvalue weighted by molar-refractivity contribution is 0.397. The van der Waals surface area contributed by atoms with Gasteiger partial charge < -0.3 is 10.1 Å². The lowest BCUT2D eigenvalue weighted by Crippen LogP contribution is -2.30. The first-order valence-corrected chi connectivity index (χ1v) is 7.16. The minimum Gasteiger partial charge on any atom is -0.481 e. The van der Waals surface area contributed by atoms with Crippen LogP contribution in [-0.2, 0) is 0 Å². The summed E-state index contributed by atoms with van der Waals surface area (Å²) in [5.74, 6) is 1.26. The molecule has 1 aliphatic carbocycles. The third-order valence-corrected chi connectivity index (χ3v) is 4.77. The van der Waals surface area contributed by atoms with Gasteiger partial charge in [-0.05, 0) is 19.1 Å². The molecular weight excluding hydrogens is 234 g/mol. The largest absolute Gasteiger partial charge is 0.481 e. The van der Waals surface area contributed by atoms with Crippen molar-refractivity contribution in [2.24, 2.45) is 0 Å². The SMILES string of the molecule is COc1ccnc(NCC2(SC)CCCC2)n1. The number of aromatic nitrogens is 2. The number of nitrogens with zero attached hydrogens (tertiary/aromatic N) is 2. The minimum absolute atomic E-state index is 0.367. The summed E-state index contributed by atoms with van der Waals surface area (Å²) in [6, 6.07) is 1.76. The van der Waals surface area contributed by atoms with Crippen LogP contribution < -0.4 is 10.1 Å². The topological polar surface area (TPSA) is 47.0 Å². The highest BCUT2D eigenvalue weighted by Crippen LogP contribution is 2.40. The molecule has 1 heterocycles. The number of methoxy groups -OCH3 is 1. The Morgan fingerprint density at radius 2 is 2.24 bits per heavy atom. The van der Waals surface area contributed by atoms with Crippen LogP contribution >= 0.6 is 11.8 Å². The van der Waals surface area contributed by atoms with Crippen LogP contribution in [-0.4, -0.2) is 34.6 Å². The summed E-state index contributed by atoms with van der Waals surface area (Å²) in [6.45, 7) is 0.932. The maximum Gasteiger partial charge on any atom is 0.225 e. The molecule has 1 N–H and O–H groups in total. The first-order chi connectivity index (χ1) is 8.28. The molecule has 0 atom stereocenters. The van der Waals surface area contributed by atoms with E-state index in [-0.39, 0.29) is 0 Å². The molecule has 0 aromatic carbocycles. The highest BCUT2D eigenvalue weighted by molar-refractivity contribution is 8.00. The number of hydrogen-bond donors (Lipinski definition) is 1. The van der Waals surface area contributed by atoms with Gasteiger partial charge in [0.05, 0.1) is 7.11 Å². The third-order valence-electron chi connectivity index (χ3n) is 3.36. The van der Waals surface area contributed by atoms with Crippen molar-refractivity contribution in [3.63, 3.8) is 0 Å². The number of anilines is 1. The first kappa shape index (κ1) is 12.5. The molecule has 17 heavy (non-hydrogen) atoms. The van der Waals surface area contributed by atoms with E-state index < -0.39 is 0 Å². The molecule has 0 radical (unpaired) electrons. The van der Waals surface area contributed by atoms with Gasteiger partial charge in [0.15, 0.2) is 0 Å². The fourth-order valence-electron chi connectivity index (χ4n) is 2.25. The van der Waals surface area contributed by atoms with Crippen LogP contribution in [0.2, 0.25) is 0 Å². The Hall–Kier alpha value is -0.970. The average Bonchev–Trinajstić information content (AvgIpc) is 2.86. The van der Waals surface area contributed by atoms with Gasteiger partial charge in [-0.2, -0.15) is 16.7 Å². The molecule has 1 aromatic heterocycles. The van der Waals surface area contributed by atoms with Gasteiger partial charge in [-0.1, -0.05) is 12.8 Å². The number of rotatable bonds is 5. The zero-order valence-corrected chi connectivity index (χ0v) is 11.2. The van der Waals surface area contributed by atoms with Crippen LogP contribution in [0.3, 0.4) is 0 Å². The molecule has 1 aromatic rings. The molecule has 0 amide bonds. The van der Waals surface area contributed by atoms with Gasteiger partial charge in [-0.3, -0.25) is 0 Å². The van der Waals surface area contributed by atoms with E-state index in [1.165, 1.54) is 25.7 Å². The van der Waals surface area contributed by atoms with Crippen LogP contribution in [0.25, 0.3) is 0 Å². The highest BCUT2D eigenvalue weighted by atomic mass is 32.2. The van der Waals surface area contributed by atoms with E-state index in [9.17, 15) is 0 Å². The normalized spacial score (nSPS) is 18.0. The Bertz CT molecular complexity index is 367. The summed E-state index contributed by atoms with van der Waals surface area (Å²) in [7, 11) is 1.62. The minimum atomic E-state index is 0.367. The van der Waals surface area contributed by atoms with Crippen LogP contribution in [0.5, 0.6) is 5.88 Å². The standard InChI is InChI=1S/C12H19N3OS/c1-16-10-5-8-13-11(15-10)14-9-12(17-2)6-3-4-7-12/h5,8H,3-4,6-7,9H2,1-2H3,(H,13,14,15). The second kappa shape index (κ2) is 5.58. The Morgan fingerprint density at radius 1 is 1.47 bits per heavy atom. The molecule has 0 aliphatic heterocycles. The lowest BCUT2D eigenvalue weighted by Gasteiger charge is -2.26. The molecule has 1 aliphatic rings. The fraction of sp³-hybridized carbons (Fsp3) is 0.667. The second-order valence-corrected chi connectivity index (χ2v) is 5.64. The van der Waals surface area contributed by atoms with Crippen molar-refractivity contribution in [1.29, 1.82) is 0 Å². The molecule has 0 saturated heterocycles. The van der Waals surface area contributed by atoms with Crippen molar-refractivity contribution in [3.05, 3.63) is 12.3 Å². The van der Waals surface area contributed by atoms with Crippen molar-refractivity contribution in [1.82, 2.24) is 9.97 Å². The van der Waals surface area contributed by atoms with Crippen molar-refractivity contribution in [3.8, 4) is 5.88 Å². The van der Waals surface area contributed by atoms with E-state index in [1.54, 1.807) is 19.4 Å². The summed E-state index contributed by atoms with van der Waals surface area (Å²) < 4.78 is 5.45. The summed E-state index contributed by atoms with van der Waals surface area (Å²) in [5, 5.41) is 3.33. The third kappa shape index (κ3) is 3.03. The van der Waals surface area contributed by atoms with E-state index in [4.69, 9.17) is 4.74 Å². The fourth-order valence-corrected chi connectivity index (χ4v) is 3.17. The van der Waals surface area contributed by atoms with Crippen molar-refractivity contribution in [2.45, 2.75) is 30.4 Å². The lowest BCUT2D eigenvalue weighted by atomic mass is 10.1. The maximum absolute atomic E-state index is 5.08.